The monoisotopic (exact) mass is 580 g/mol. The Balaban J connectivity index is 0.000000245. The van der Waals surface area contributed by atoms with Crippen molar-refractivity contribution in [3.63, 3.8) is 0 Å². The van der Waals surface area contributed by atoms with Crippen molar-refractivity contribution in [2.24, 2.45) is 0 Å². The fourth-order valence-corrected chi connectivity index (χ4v) is 5.41. The molecule has 0 unspecified atom stereocenters. The fourth-order valence-electron chi connectivity index (χ4n) is 3.60. The van der Waals surface area contributed by atoms with Crippen molar-refractivity contribution >= 4 is 24.0 Å². The van der Waals surface area contributed by atoms with E-state index >= 15 is 0 Å². The van der Waals surface area contributed by atoms with Gasteiger partial charge in [-0.3, -0.25) is 0 Å². The molecule has 0 radical (unpaired) electrons. The molecule has 0 aromatic heterocycles. The number of nitrogens with zero attached hydrogens (tertiary/aromatic N) is 1. The van der Waals surface area contributed by atoms with E-state index in [9.17, 15) is 0 Å². The van der Waals surface area contributed by atoms with Gasteiger partial charge in [-0.15, -0.1) is 0 Å². The second kappa shape index (κ2) is 14.5. The number of hydrogen-bond acceptors (Lipinski definition) is 3. The van der Waals surface area contributed by atoms with E-state index in [2.05, 4.69) is 50.8 Å². The molecule has 0 aliphatic carbocycles. The first-order chi connectivity index (χ1) is 15.7. The molecule has 2 aromatic rings. The van der Waals surface area contributed by atoms with E-state index in [1.165, 1.54) is 24.0 Å². The van der Waals surface area contributed by atoms with Crippen LogP contribution < -0.4 is 9.47 Å². The number of rotatable bonds is 8. The summed E-state index contributed by atoms with van der Waals surface area (Å²) in [4.78, 5) is 2.28. The van der Waals surface area contributed by atoms with Crippen molar-refractivity contribution in [1.82, 2.24) is 4.90 Å². The van der Waals surface area contributed by atoms with Crippen molar-refractivity contribution in [3.05, 3.63) is 65.9 Å². The Bertz CT molecular complexity index is 863. The third-order valence-electron chi connectivity index (χ3n) is 5.25. The van der Waals surface area contributed by atoms with Crippen LogP contribution in [0.3, 0.4) is 0 Å². The zero-order valence-corrected chi connectivity index (χ0v) is 23.9. The van der Waals surface area contributed by atoms with Crippen LogP contribution in [0.15, 0.2) is 42.5 Å². The summed E-state index contributed by atoms with van der Waals surface area (Å²) in [7, 11) is 11.6. The number of hydrogen-bond donors (Lipinski definition) is 0. The van der Waals surface area contributed by atoms with Crippen LogP contribution in [0.1, 0.15) is 82.9 Å². The van der Waals surface area contributed by atoms with E-state index in [1.807, 2.05) is 49.5 Å². The quantitative estimate of drug-likeness (QED) is 0.233. The van der Waals surface area contributed by atoms with Crippen LogP contribution in [-0.2, 0) is 13.5 Å². The normalized spacial score (nSPS) is 14.3. The molecule has 186 valence electrons. The largest absolute Gasteiger partial charge is 0.647 e. The summed E-state index contributed by atoms with van der Waals surface area (Å²) in [5.74, 6) is 2.89. The summed E-state index contributed by atoms with van der Waals surface area (Å²) in [6.45, 7) is 17.1. The molecule has 1 saturated heterocycles. The minimum absolute atomic E-state index is 0.163. The van der Waals surface area contributed by atoms with Gasteiger partial charge in [0.1, 0.15) is 0 Å². The Hall–Kier alpha value is -0.927. The minimum atomic E-state index is -1.77. The van der Waals surface area contributed by atoms with Crippen LogP contribution in [0, 0.1) is 6.73 Å². The van der Waals surface area contributed by atoms with E-state index in [0.29, 0.717) is 11.8 Å². The molecule has 1 aliphatic heterocycles. The molecule has 1 fully saturated rings. The standard InChI is InChI=1S/C17H26NO.C10H12O.2ClH.Ru/c1-13(2)15-8-7-9-16(14(3)4)17(15)19-12-18-10-5-6-11-18;1-8(2)11-10-7-5-4-6-9(10)3;;;/h7-9,12-14H,5-6,10-11H2,1-4H3;3-8H,1-2H3;2*1H;/q-1;;;;+2/p-2. The molecule has 0 spiro atoms. The number of halogens is 2. The SMILES string of the molecule is CC(C)Oc1ccccc1[CH]=[Ru]([Cl])[Cl].CC(C)c1cccc(C(C)C)c1O[CH-]N1CCCC1. The molecule has 0 saturated carbocycles. The Morgan fingerprint density at radius 3 is 1.97 bits per heavy atom. The molecule has 0 atom stereocenters. The summed E-state index contributed by atoms with van der Waals surface area (Å²) >= 11 is -1.77. The van der Waals surface area contributed by atoms with E-state index < -0.39 is 13.5 Å². The molecule has 3 nitrogen and oxygen atoms in total. The van der Waals surface area contributed by atoms with E-state index in [-0.39, 0.29) is 6.10 Å². The van der Waals surface area contributed by atoms with Crippen molar-refractivity contribution in [1.29, 1.82) is 0 Å². The molecule has 0 bridgehead atoms. The summed E-state index contributed by atoms with van der Waals surface area (Å²) in [6.07, 6.45) is 2.72. The van der Waals surface area contributed by atoms with Gasteiger partial charge in [0.15, 0.2) is 0 Å². The van der Waals surface area contributed by atoms with Gasteiger partial charge in [-0.25, -0.2) is 0 Å². The van der Waals surface area contributed by atoms with Crippen molar-refractivity contribution < 1.29 is 23.0 Å². The molecule has 1 aliphatic rings. The van der Waals surface area contributed by atoms with Gasteiger partial charge in [0.05, 0.1) is 5.75 Å². The van der Waals surface area contributed by atoms with Crippen molar-refractivity contribution in [2.45, 2.75) is 72.3 Å². The molecule has 6 heteroatoms. The van der Waals surface area contributed by atoms with E-state index in [0.717, 1.165) is 30.2 Å². The van der Waals surface area contributed by atoms with Crippen LogP contribution in [0.5, 0.6) is 11.5 Å². The Kier molecular flexibility index (Phi) is 12.4. The third-order valence-corrected chi connectivity index (χ3v) is 7.08. The molecule has 0 amide bonds. The van der Waals surface area contributed by atoms with Crippen molar-refractivity contribution in [3.8, 4) is 11.5 Å². The Morgan fingerprint density at radius 1 is 0.879 bits per heavy atom. The maximum Gasteiger partial charge on any atom is 0.0928 e. The third kappa shape index (κ3) is 9.69. The number of para-hydroxylation sites is 2. The van der Waals surface area contributed by atoms with Gasteiger partial charge < -0.3 is 9.64 Å². The average Bonchev–Trinajstić information content (AvgIpc) is 3.26. The number of benzene rings is 2. The first-order valence-corrected chi connectivity index (χ1v) is 17.1. The Labute approximate surface area is 213 Å². The number of likely N-dealkylation sites (tertiary alicyclic amines) is 1. The Morgan fingerprint density at radius 2 is 1.45 bits per heavy atom. The minimum Gasteiger partial charge on any atom is -0.647 e. The van der Waals surface area contributed by atoms with Crippen molar-refractivity contribution in [2.75, 3.05) is 13.1 Å². The van der Waals surface area contributed by atoms with E-state index in [1.54, 1.807) is 0 Å². The maximum absolute atomic E-state index is 6.08. The van der Waals surface area contributed by atoms with Crippen LogP contribution in [0.25, 0.3) is 0 Å². The number of ether oxygens (including phenoxy) is 2. The van der Waals surface area contributed by atoms with Gasteiger partial charge in [-0.1, -0.05) is 52.6 Å². The maximum atomic E-state index is 6.08. The molecule has 0 N–H and O–H groups in total. The molecule has 33 heavy (non-hydrogen) atoms. The van der Waals surface area contributed by atoms with Gasteiger partial charge in [-0.05, 0) is 48.9 Å². The second-order valence-corrected chi connectivity index (χ2v) is 14.8. The van der Waals surface area contributed by atoms with E-state index in [4.69, 9.17) is 28.9 Å². The second-order valence-electron chi connectivity index (χ2n) is 9.05. The zero-order chi connectivity index (χ0) is 24.4. The van der Waals surface area contributed by atoms with Gasteiger partial charge in [0.25, 0.3) is 0 Å². The van der Waals surface area contributed by atoms with Gasteiger partial charge in [0, 0.05) is 0 Å². The molecular formula is C27H38Cl2NO2Ru-. The summed E-state index contributed by atoms with van der Waals surface area (Å²) in [5.41, 5.74) is 3.60. The predicted octanol–water partition coefficient (Wildman–Crippen LogP) is 8.08. The predicted molar refractivity (Wildman–Crippen MR) is 139 cm³/mol. The summed E-state index contributed by atoms with van der Waals surface area (Å²) < 4.78 is 13.6. The average molecular weight is 581 g/mol. The first kappa shape index (κ1) is 28.3. The molecular weight excluding hydrogens is 542 g/mol. The van der Waals surface area contributed by atoms with Gasteiger partial charge in [-0.2, -0.15) is 0 Å². The van der Waals surface area contributed by atoms with Gasteiger partial charge >= 0.3 is 97.8 Å². The zero-order valence-electron chi connectivity index (χ0n) is 20.6. The van der Waals surface area contributed by atoms with Crippen LogP contribution in [-0.4, -0.2) is 28.7 Å². The van der Waals surface area contributed by atoms with Crippen LogP contribution in [0.2, 0.25) is 0 Å². The topological polar surface area (TPSA) is 21.7 Å². The fraction of sp³-hybridized carbons (Fsp3) is 0.481. The summed E-state index contributed by atoms with van der Waals surface area (Å²) in [5, 5.41) is 0. The summed E-state index contributed by atoms with van der Waals surface area (Å²) in [6, 6.07) is 14.3. The van der Waals surface area contributed by atoms with Crippen LogP contribution in [0.4, 0.5) is 0 Å². The first-order valence-electron chi connectivity index (χ1n) is 11.6. The van der Waals surface area contributed by atoms with Gasteiger partial charge in [0.2, 0.25) is 0 Å². The van der Waals surface area contributed by atoms with Crippen LogP contribution >= 0.6 is 19.4 Å². The molecule has 2 aromatic carbocycles. The molecule has 3 rings (SSSR count). The molecule has 1 heterocycles. The smallest absolute Gasteiger partial charge is 0.0928 e.